The lowest BCUT2D eigenvalue weighted by atomic mass is 9.70. The number of hydrogen-bond donors (Lipinski definition) is 0. The van der Waals surface area contributed by atoms with E-state index in [1.54, 1.807) is 16.0 Å². The highest BCUT2D eigenvalue weighted by Gasteiger charge is 2.33. The van der Waals surface area contributed by atoms with Gasteiger partial charge in [0.1, 0.15) is 4.83 Å². The summed E-state index contributed by atoms with van der Waals surface area (Å²) in [7, 11) is 0. The molecule has 0 amide bonds. The second-order valence-electron chi connectivity index (χ2n) is 9.47. The van der Waals surface area contributed by atoms with Gasteiger partial charge in [0.25, 0.3) is 0 Å². The third-order valence-corrected chi connectivity index (χ3v) is 7.94. The van der Waals surface area contributed by atoms with Crippen LogP contribution in [0.25, 0.3) is 21.3 Å². The predicted molar refractivity (Wildman–Crippen MR) is 124 cm³/mol. The normalized spacial score (nSPS) is 19.0. The zero-order valence-electron chi connectivity index (χ0n) is 17.2. The Morgan fingerprint density at radius 3 is 2.46 bits per heavy atom. The van der Waals surface area contributed by atoms with Gasteiger partial charge < -0.3 is 0 Å². The fourth-order valence-electron chi connectivity index (χ4n) is 5.12. The van der Waals surface area contributed by atoms with Crippen molar-refractivity contribution < 1.29 is 0 Å². The standard InChI is InChI=1S/C25H29NS.ClH/c1-25(2,3)17-13-14-20-19(15-17)22(16-9-5-4-6-10-16)23-18-11-7-8-12-21(18)27-24(23)26-20;/h4-6,9-10,17H,7-8,11-15H2,1-3H3;1H. The molecule has 1 aromatic carbocycles. The molecule has 2 heterocycles. The van der Waals surface area contributed by atoms with Gasteiger partial charge in [0, 0.05) is 16.0 Å². The van der Waals surface area contributed by atoms with E-state index in [0.29, 0.717) is 5.41 Å². The zero-order chi connectivity index (χ0) is 18.6. The van der Waals surface area contributed by atoms with E-state index in [2.05, 4.69) is 51.1 Å². The van der Waals surface area contributed by atoms with Crippen LogP contribution in [0.2, 0.25) is 0 Å². The van der Waals surface area contributed by atoms with Crippen LogP contribution in [0.5, 0.6) is 0 Å². The molecule has 0 aliphatic heterocycles. The van der Waals surface area contributed by atoms with Crippen molar-refractivity contribution in [2.45, 2.75) is 65.7 Å². The molecule has 2 aliphatic carbocycles. The lowest BCUT2D eigenvalue weighted by Crippen LogP contribution is -2.27. The smallest absolute Gasteiger partial charge is 0.124 e. The van der Waals surface area contributed by atoms with Gasteiger partial charge in [-0.2, -0.15) is 0 Å². The van der Waals surface area contributed by atoms with Crippen molar-refractivity contribution in [2.24, 2.45) is 11.3 Å². The number of nitrogens with zero attached hydrogens (tertiary/aromatic N) is 1. The Hall–Kier alpha value is -1.38. The second kappa shape index (κ2) is 7.46. The fraction of sp³-hybridized carbons (Fsp3) is 0.480. The van der Waals surface area contributed by atoms with Crippen molar-refractivity contribution in [1.82, 2.24) is 4.98 Å². The second-order valence-corrected chi connectivity index (χ2v) is 10.6. The molecule has 2 aromatic heterocycles. The molecule has 148 valence electrons. The van der Waals surface area contributed by atoms with E-state index in [0.717, 1.165) is 12.3 Å². The Kier molecular flexibility index (Phi) is 5.31. The van der Waals surface area contributed by atoms with Crippen LogP contribution in [-0.2, 0) is 25.7 Å². The largest absolute Gasteiger partial charge is 0.242 e. The zero-order valence-corrected chi connectivity index (χ0v) is 18.8. The molecule has 0 spiro atoms. The lowest BCUT2D eigenvalue weighted by molar-refractivity contribution is 0.215. The Morgan fingerprint density at radius 2 is 1.71 bits per heavy atom. The van der Waals surface area contributed by atoms with E-state index in [4.69, 9.17) is 4.98 Å². The summed E-state index contributed by atoms with van der Waals surface area (Å²) in [6.07, 6.45) is 8.74. The molecular formula is C25H30ClNS. The van der Waals surface area contributed by atoms with Crippen molar-refractivity contribution in [3.8, 4) is 11.1 Å². The number of aryl methyl sites for hydroxylation is 3. The Balaban J connectivity index is 0.00000192. The quantitative estimate of drug-likeness (QED) is 0.406. The first kappa shape index (κ1) is 19.9. The molecule has 2 aliphatic rings. The van der Waals surface area contributed by atoms with E-state index in [-0.39, 0.29) is 12.4 Å². The van der Waals surface area contributed by atoms with Crippen molar-refractivity contribution in [3.05, 3.63) is 52.0 Å². The Morgan fingerprint density at radius 1 is 0.964 bits per heavy atom. The molecule has 0 saturated carbocycles. The summed E-state index contributed by atoms with van der Waals surface area (Å²) < 4.78 is 0. The van der Waals surface area contributed by atoms with E-state index < -0.39 is 0 Å². The Bertz CT molecular complexity index is 997. The molecule has 0 fully saturated rings. The van der Waals surface area contributed by atoms with Crippen LogP contribution in [0.1, 0.15) is 61.7 Å². The van der Waals surface area contributed by atoms with Crippen LogP contribution in [0.15, 0.2) is 30.3 Å². The summed E-state index contributed by atoms with van der Waals surface area (Å²) in [6.45, 7) is 7.22. The molecular weight excluding hydrogens is 382 g/mol. The highest BCUT2D eigenvalue weighted by Crippen LogP contribution is 2.46. The van der Waals surface area contributed by atoms with E-state index >= 15 is 0 Å². The monoisotopic (exact) mass is 411 g/mol. The molecule has 1 nitrogen and oxygen atoms in total. The first-order valence-corrected chi connectivity index (χ1v) is 11.4. The van der Waals surface area contributed by atoms with Crippen LogP contribution >= 0.6 is 23.7 Å². The average molecular weight is 412 g/mol. The molecule has 0 saturated heterocycles. The summed E-state index contributed by atoms with van der Waals surface area (Å²) in [4.78, 5) is 8.15. The summed E-state index contributed by atoms with van der Waals surface area (Å²) in [5.74, 6) is 0.737. The lowest BCUT2D eigenvalue weighted by Gasteiger charge is -2.35. The maximum absolute atomic E-state index is 5.24. The van der Waals surface area contributed by atoms with Gasteiger partial charge in [-0.3, -0.25) is 0 Å². The maximum Gasteiger partial charge on any atom is 0.124 e. The number of thiophene rings is 1. The number of rotatable bonds is 1. The molecule has 3 aromatic rings. The molecule has 3 heteroatoms. The van der Waals surface area contributed by atoms with E-state index in [1.165, 1.54) is 65.6 Å². The van der Waals surface area contributed by atoms with Gasteiger partial charge in [0.05, 0.1) is 0 Å². The molecule has 0 N–H and O–H groups in total. The number of hydrogen-bond acceptors (Lipinski definition) is 2. The first-order valence-electron chi connectivity index (χ1n) is 10.5. The molecule has 28 heavy (non-hydrogen) atoms. The van der Waals surface area contributed by atoms with Gasteiger partial charge in [-0.05, 0) is 78.5 Å². The average Bonchev–Trinajstić information content (AvgIpc) is 3.03. The SMILES string of the molecule is CC(C)(C)C1CCc2nc3sc4c(c3c(-c3ccccc3)c2C1)CCCC4.Cl. The minimum atomic E-state index is 0. The number of fused-ring (bicyclic) bond motifs is 4. The maximum atomic E-state index is 5.24. The summed E-state index contributed by atoms with van der Waals surface area (Å²) in [5.41, 5.74) is 7.81. The third-order valence-electron chi connectivity index (χ3n) is 6.76. The third kappa shape index (κ3) is 3.29. The van der Waals surface area contributed by atoms with Gasteiger partial charge in [0.2, 0.25) is 0 Å². The van der Waals surface area contributed by atoms with Gasteiger partial charge >= 0.3 is 0 Å². The Labute approximate surface area is 179 Å². The topological polar surface area (TPSA) is 12.9 Å². The summed E-state index contributed by atoms with van der Waals surface area (Å²) in [5, 5.41) is 1.49. The van der Waals surface area contributed by atoms with E-state index in [1.807, 2.05) is 11.3 Å². The highest BCUT2D eigenvalue weighted by atomic mass is 35.5. The van der Waals surface area contributed by atoms with Gasteiger partial charge in [-0.15, -0.1) is 23.7 Å². The van der Waals surface area contributed by atoms with Crippen molar-refractivity contribution in [3.63, 3.8) is 0 Å². The minimum absolute atomic E-state index is 0. The fourth-order valence-corrected chi connectivity index (χ4v) is 6.41. The highest BCUT2D eigenvalue weighted by molar-refractivity contribution is 7.19. The van der Waals surface area contributed by atoms with Crippen molar-refractivity contribution >= 4 is 34.0 Å². The molecule has 0 radical (unpaired) electrons. The number of aromatic nitrogens is 1. The first-order chi connectivity index (χ1) is 13.0. The number of pyridine rings is 1. The van der Waals surface area contributed by atoms with Crippen LogP contribution in [0.3, 0.4) is 0 Å². The van der Waals surface area contributed by atoms with Gasteiger partial charge in [-0.1, -0.05) is 51.1 Å². The van der Waals surface area contributed by atoms with Gasteiger partial charge in [0.15, 0.2) is 0 Å². The number of halogens is 1. The van der Waals surface area contributed by atoms with Crippen LogP contribution in [-0.4, -0.2) is 4.98 Å². The molecule has 0 bridgehead atoms. The van der Waals surface area contributed by atoms with E-state index in [9.17, 15) is 0 Å². The van der Waals surface area contributed by atoms with Crippen LogP contribution in [0.4, 0.5) is 0 Å². The summed E-state index contributed by atoms with van der Waals surface area (Å²) >= 11 is 1.98. The number of benzene rings is 1. The van der Waals surface area contributed by atoms with Crippen molar-refractivity contribution in [2.75, 3.05) is 0 Å². The van der Waals surface area contributed by atoms with Crippen LogP contribution < -0.4 is 0 Å². The predicted octanol–water partition coefficient (Wildman–Crippen LogP) is 7.41. The summed E-state index contributed by atoms with van der Waals surface area (Å²) in [6, 6.07) is 11.1. The molecule has 1 atom stereocenters. The minimum Gasteiger partial charge on any atom is -0.242 e. The molecule has 1 unspecified atom stereocenters. The van der Waals surface area contributed by atoms with Crippen LogP contribution in [0, 0.1) is 11.3 Å². The van der Waals surface area contributed by atoms with Gasteiger partial charge in [-0.25, -0.2) is 4.98 Å². The van der Waals surface area contributed by atoms with Crippen molar-refractivity contribution in [1.29, 1.82) is 0 Å². The molecule has 5 rings (SSSR count).